The van der Waals surface area contributed by atoms with E-state index in [-0.39, 0.29) is 6.10 Å². The zero-order chi connectivity index (χ0) is 26.4. The minimum Gasteiger partial charge on any atom is -0.494 e. The van der Waals surface area contributed by atoms with Gasteiger partial charge < -0.3 is 31.2 Å². The van der Waals surface area contributed by atoms with Crippen LogP contribution in [-0.2, 0) is 22.7 Å². The van der Waals surface area contributed by atoms with Crippen LogP contribution in [0.25, 0.3) is 0 Å². The van der Waals surface area contributed by atoms with Gasteiger partial charge in [-0.1, -0.05) is 44.5 Å². The molecule has 0 aliphatic rings. The summed E-state index contributed by atoms with van der Waals surface area (Å²) < 4.78 is 11.1. The quantitative estimate of drug-likeness (QED) is 0.375. The number of hydrogen-bond acceptors (Lipinski definition) is 6. The molecule has 0 radical (unpaired) electrons. The van der Waals surface area contributed by atoms with Gasteiger partial charge in [-0.05, 0) is 55.2 Å². The van der Waals surface area contributed by atoms with E-state index in [1.165, 1.54) is 6.42 Å². The SMILES string of the molecule is CC(=O)O.CC(=O)O.CCC(C)Oc1ccc(CN)cc1.CCCCOc1ccc(CN)cc1. The molecule has 0 amide bonds. The summed E-state index contributed by atoms with van der Waals surface area (Å²) in [7, 11) is 0. The summed E-state index contributed by atoms with van der Waals surface area (Å²) in [6.07, 6.45) is 3.58. The molecule has 2 aromatic carbocycles. The van der Waals surface area contributed by atoms with Gasteiger partial charge in [-0.3, -0.25) is 9.59 Å². The normalized spacial score (nSPS) is 10.1. The van der Waals surface area contributed by atoms with Crippen LogP contribution in [-0.4, -0.2) is 34.9 Å². The number of carboxylic acid groups (broad SMARTS) is 2. The lowest BCUT2D eigenvalue weighted by Gasteiger charge is -2.12. The molecule has 2 aromatic rings. The molecule has 34 heavy (non-hydrogen) atoms. The van der Waals surface area contributed by atoms with Crippen LogP contribution in [0.1, 0.15) is 65.0 Å². The Morgan fingerprint density at radius 1 is 0.824 bits per heavy atom. The summed E-state index contributed by atoms with van der Waals surface area (Å²) in [5.41, 5.74) is 13.2. The summed E-state index contributed by atoms with van der Waals surface area (Å²) >= 11 is 0. The molecule has 8 nitrogen and oxygen atoms in total. The molecule has 0 heterocycles. The van der Waals surface area contributed by atoms with Crippen molar-refractivity contribution in [3.63, 3.8) is 0 Å². The average molecular weight is 479 g/mol. The Bertz CT molecular complexity index is 744. The van der Waals surface area contributed by atoms with E-state index >= 15 is 0 Å². The number of ether oxygens (including phenoxy) is 2. The molecule has 0 saturated heterocycles. The Labute approximate surface area is 203 Å². The first-order valence-corrected chi connectivity index (χ1v) is 11.4. The molecule has 2 rings (SSSR count). The summed E-state index contributed by atoms with van der Waals surface area (Å²) in [4.78, 5) is 18.0. The van der Waals surface area contributed by atoms with Crippen LogP contribution in [0.15, 0.2) is 48.5 Å². The van der Waals surface area contributed by atoms with Crippen LogP contribution >= 0.6 is 0 Å². The second-order valence-electron chi connectivity index (χ2n) is 7.27. The molecule has 0 fully saturated rings. The highest BCUT2D eigenvalue weighted by atomic mass is 16.5. The first-order valence-electron chi connectivity index (χ1n) is 11.4. The number of nitrogens with two attached hydrogens (primary N) is 2. The number of carbonyl (C=O) groups is 2. The third-order valence-corrected chi connectivity index (χ3v) is 4.00. The smallest absolute Gasteiger partial charge is 0.300 e. The van der Waals surface area contributed by atoms with Crippen LogP contribution < -0.4 is 20.9 Å². The van der Waals surface area contributed by atoms with Crippen molar-refractivity contribution in [2.24, 2.45) is 11.5 Å². The molecule has 1 unspecified atom stereocenters. The lowest BCUT2D eigenvalue weighted by Crippen LogP contribution is -2.09. The Morgan fingerprint density at radius 3 is 1.53 bits per heavy atom. The van der Waals surface area contributed by atoms with Crippen molar-refractivity contribution in [2.75, 3.05) is 6.61 Å². The second-order valence-corrected chi connectivity index (χ2v) is 7.27. The van der Waals surface area contributed by atoms with Gasteiger partial charge in [0.05, 0.1) is 12.7 Å². The summed E-state index contributed by atoms with van der Waals surface area (Å²) in [6.45, 7) is 10.5. The van der Waals surface area contributed by atoms with Gasteiger partial charge in [0.1, 0.15) is 11.5 Å². The maximum Gasteiger partial charge on any atom is 0.300 e. The topological polar surface area (TPSA) is 145 Å². The van der Waals surface area contributed by atoms with Crippen molar-refractivity contribution in [1.82, 2.24) is 0 Å². The molecular formula is C26H42N2O6. The molecule has 1 atom stereocenters. The molecule has 8 heteroatoms. The zero-order valence-corrected chi connectivity index (χ0v) is 21.1. The fraction of sp³-hybridized carbons (Fsp3) is 0.462. The van der Waals surface area contributed by atoms with Gasteiger partial charge in [-0.15, -0.1) is 0 Å². The van der Waals surface area contributed by atoms with Crippen LogP contribution in [0.2, 0.25) is 0 Å². The highest BCUT2D eigenvalue weighted by Gasteiger charge is 2.00. The van der Waals surface area contributed by atoms with Gasteiger partial charge in [-0.25, -0.2) is 0 Å². The lowest BCUT2D eigenvalue weighted by molar-refractivity contribution is -0.135. The summed E-state index contributed by atoms with van der Waals surface area (Å²) in [5.74, 6) is 0.192. The van der Waals surface area contributed by atoms with Crippen LogP contribution in [0, 0.1) is 0 Å². The van der Waals surface area contributed by atoms with E-state index in [0.29, 0.717) is 13.1 Å². The van der Waals surface area contributed by atoms with Gasteiger partial charge in [0.15, 0.2) is 0 Å². The summed E-state index contributed by atoms with van der Waals surface area (Å²) in [6, 6.07) is 15.9. The van der Waals surface area contributed by atoms with Crippen molar-refractivity contribution < 1.29 is 29.3 Å². The number of benzene rings is 2. The lowest BCUT2D eigenvalue weighted by atomic mass is 10.2. The number of rotatable bonds is 9. The third-order valence-electron chi connectivity index (χ3n) is 4.00. The largest absolute Gasteiger partial charge is 0.494 e. The van der Waals surface area contributed by atoms with E-state index in [0.717, 1.165) is 55.9 Å². The molecule has 0 bridgehead atoms. The second kappa shape index (κ2) is 21.7. The molecule has 0 aliphatic carbocycles. The fourth-order valence-corrected chi connectivity index (χ4v) is 2.08. The number of carboxylic acids is 2. The average Bonchev–Trinajstić information content (AvgIpc) is 2.80. The zero-order valence-electron chi connectivity index (χ0n) is 21.1. The van der Waals surface area contributed by atoms with Crippen LogP contribution in [0.3, 0.4) is 0 Å². The maximum absolute atomic E-state index is 9.00. The van der Waals surface area contributed by atoms with Crippen molar-refractivity contribution in [2.45, 2.75) is 73.1 Å². The fourth-order valence-electron chi connectivity index (χ4n) is 2.08. The minimum atomic E-state index is -0.833. The van der Waals surface area contributed by atoms with Crippen molar-refractivity contribution in [1.29, 1.82) is 0 Å². The van der Waals surface area contributed by atoms with Gasteiger partial charge in [0.25, 0.3) is 11.9 Å². The van der Waals surface area contributed by atoms with Crippen molar-refractivity contribution in [3.05, 3.63) is 59.7 Å². The Balaban J connectivity index is 0. The number of hydrogen-bond donors (Lipinski definition) is 4. The number of aliphatic carboxylic acids is 2. The first-order chi connectivity index (χ1) is 16.1. The predicted molar refractivity (Wildman–Crippen MR) is 136 cm³/mol. The highest BCUT2D eigenvalue weighted by molar-refractivity contribution is 5.63. The minimum absolute atomic E-state index is 0.281. The molecular weight excluding hydrogens is 436 g/mol. The Morgan fingerprint density at radius 2 is 1.21 bits per heavy atom. The van der Waals surface area contributed by atoms with E-state index in [1.54, 1.807) is 0 Å². The van der Waals surface area contributed by atoms with E-state index in [4.69, 9.17) is 40.7 Å². The van der Waals surface area contributed by atoms with E-state index in [9.17, 15) is 0 Å². The van der Waals surface area contributed by atoms with E-state index in [2.05, 4.69) is 20.8 Å². The van der Waals surface area contributed by atoms with Gasteiger partial charge in [0.2, 0.25) is 0 Å². The van der Waals surface area contributed by atoms with E-state index < -0.39 is 11.9 Å². The summed E-state index contributed by atoms with van der Waals surface area (Å²) in [5, 5.41) is 14.8. The number of unbranched alkanes of at least 4 members (excludes halogenated alkanes) is 1. The molecule has 0 saturated carbocycles. The van der Waals surface area contributed by atoms with Crippen molar-refractivity contribution in [3.8, 4) is 11.5 Å². The Kier molecular flexibility index (Phi) is 21.1. The standard InChI is InChI=1S/2C11H17NO.2C2H4O2/c1-3-9(2)13-11-6-4-10(8-12)5-7-11;1-2-3-8-13-11-6-4-10(9-12)5-7-11;2*1-2(3)4/h4-7,9H,3,8,12H2,1-2H3;4-7H,2-3,8-9,12H2,1H3;2*1H3,(H,3,4). The van der Waals surface area contributed by atoms with Crippen molar-refractivity contribution >= 4 is 11.9 Å². The van der Waals surface area contributed by atoms with Crippen LogP contribution in [0.4, 0.5) is 0 Å². The maximum atomic E-state index is 9.00. The molecule has 0 aliphatic heterocycles. The molecule has 0 spiro atoms. The molecule has 6 N–H and O–H groups in total. The molecule has 0 aromatic heterocycles. The molecule has 192 valence electrons. The van der Waals surface area contributed by atoms with Crippen LogP contribution in [0.5, 0.6) is 11.5 Å². The third kappa shape index (κ3) is 22.1. The Hall–Kier alpha value is -3.10. The predicted octanol–water partition coefficient (Wildman–Crippen LogP) is 4.83. The van der Waals surface area contributed by atoms with E-state index in [1.807, 2.05) is 48.5 Å². The van der Waals surface area contributed by atoms with Gasteiger partial charge >= 0.3 is 0 Å². The monoisotopic (exact) mass is 478 g/mol. The highest BCUT2D eigenvalue weighted by Crippen LogP contribution is 2.14. The first kappa shape index (κ1) is 33.1. The van der Waals surface area contributed by atoms with Gasteiger partial charge in [-0.2, -0.15) is 0 Å². The van der Waals surface area contributed by atoms with Gasteiger partial charge in [0, 0.05) is 26.9 Å².